The van der Waals surface area contributed by atoms with Crippen molar-refractivity contribution in [1.29, 1.82) is 0 Å². The van der Waals surface area contributed by atoms with Gasteiger partial charge in [0.15, 0.2) is 11.7 Å². The van der Waals surface area contributed by atoms with Crippen LogP contribution in [0.4, 0.5) is 4.79 Å². The molecule has 0 aliphatic carbocycles. The summed E-state index contributed by atoms with van der Waals surface area (Å²) in [5.74, 6) is -1.18. The number of hydrogen-bond donors (Lipinski definition) is 3. The summed E-state index contributed by atoms with van der Waals surface area (Å²) < 4.78 is 17.2. The van der Waals surface area contributed by atoms with E-state index in [1.807, 2.05) is 60.0 Å². The maximum absolute atomic E-state index is 13.3. The first kappa shape index (κ1) is 41.1. The molecule has 0 radical (unpaired) electrons. The van der Waals surface area contributed by atoms with E-state index in [9.17, 15) is 29.3 Å². The summed E-state index contributed by atoms with van der Waals surface area (Å²) >= 11 is 2.26. The van der Waals surface area contributed by atoms with Crippen molar-refractivity contribution in [1.82, 2.24) is 10.2 Å². The molecule has 0 aliphatic rings. The van der Waals surface area contributed by atoms with Crippen LogP contribution in [0, 0.1) is 20.9 Å². The zero-order valence-electron chi connectivity index (χ0n) is 29.4. The Labute approximate surface area is 304 Å². The lowest BCUT2D eigenvalue weighted by Crippen LogP contribution is -2.77. The largest absolute Gasteiger partial charge is 0.601 e. The van der Waals surface area contributed by atoms with E-state index in [2.05, 4.69) is 10.2 Å². The van der Waals surface area contributed by atoms with E-state index in [1.54, 1.807) is 32.2 Å². The fraction of sp³-hybridized carbons (Fsp3) is 0.471. The summed E-state index contributed by atoms with van der Waals surface area (Å²) in [6.07, 6.45) is -2.07. The molecule has 3 aromatic rings. The summed E-state index contributed by atoms with van der Waals surface area (Å²) in [7, 11) is 1.54. The summed E-state index contributed by atoms with van der Waals surface area (Å²) in [6, 6.07) is 16.3. The maximum atomic E-state index is 13.3. The number of esters is 1. The van der Waals surface area contributed by atoms with E-state index in [1.165, 1.54) is 31.0 Å². The Hall–Kier alpha value is -4.29. The van der Waals surface area contributed by atoms with Gasteiger partial charge in [-0.2, -0.15) is 0 Å². The molecule has 0 fully saturated rings. The minimum Gasteiger partial charge on any atom is -0.601 e. The molecule has 4 N–H and O–H groups in total. The zero-order chi connectivity index (χ0) is 37.6. The number of thioether (sulfide) groups is 1. The van der Waals surface area contributed by atoms with Crippen molar-refractivity contribution in [3.8, 4) is 5.75 Å². The van der Waals surface area contributed by atoms with Crippen LogP contribution in [0.1, 0.15) is 52.0 Å². The number of fused-ring (bicyclic) bond motifs is 1. The zero-order valence-corrected chi connectivity index (χ0v) is 31.0. The predicted molar refractivity (Wildman–Crippen MR) is 189 cm³/mol. The molecule has 278 valence electrons. The lowest BCUT2D eigenvalue weighted by Gasteiger charge is -2.27. The van der Waals surface area contributed by atoms with Crippen LogP contribution >= 0.6 is 23.1 Å². The molecule has 2 unspecified atom stereocenters. The van der Waals surface area contributed by atoms with Crippen LogP contribution < -0.4 is 21.0 Å². The molecule has 15 nitrogen and oxygen atoms in total. The highest BCUT2D eigenvalue weighted by molar-refractivity contribution is 8.13. The van der Waals surface area contributed by atoms with Crippen LogP contribution in [0.15, 0.2) is 60.0 Å². The Balaban J connectivity index is 1.63. The number of carbonyl (C=O) groups excluding carboxylic acids is 4. The molecule has 2 amide bonds. The lowest BCUT2D eigenvalue weighted by atomic mass is 9.93. The third-order valence-electron chi connectivity index (χ3n) is 7.61. The Kier molecular flexibility index (Phi) is 15.6. The molecule has 0 saturated carbocycles. The SMILES string of the molecule is CC(OC(=O)C(CSC(=O)C(C)(C)CO[NH+]=O)NC(=O)C(C)(C)CO[NH2+][O-])OC(=O)N(C)CC[C@H](Oc1cccc2ccccc12)c1cccs1. The monoisotopic (exact) mass is 749 g/mol. The summed E-state index contributed by atoms with van der Waals surface area (Å²) in [4.78, 5) is 74.4. The molecule has 0 bridgehead atoms. The van der Waals surface area contributed by atoms with Crippen molar-refractivity contribution in [3.05, 3.63) is 75.0 Å². The maximum Gasteiger partial charge on any atom is 0.412 e. The van der Waals surface area contributed by atoms with Gasteiger partial charge in [0.05, 0.1) is 15.7 Å². The molecule has 1 heterocycles. The average molecular weight is 750 g/mol. The van der Waals surface area contributed by atoms with Crippen molar-refractivity contribution in [2.45, 2.75) is 59.5 Å². The molecule has 3 atom stereocenters. The van der Waals surface area contributed by atoms with Gasteiger partial charge in [0.25, 0.3) is 0 Å². The molecule has 51 heavy (non-hydrogen) atoms. The van der Waals surface area contributed by atoms with Gasteiger partial charge in [0, 0.05) is 43.0 Å². The number of nitrogens with two attached hydrogens (primary N) is 1. The fourth-order valence-electron chi connectivity index (χ4n) is 4.54. The second-order valence-corrected chi connectivity index (χ2v) is 14.8. The van der Waals surface area contributed by atoms with Crippen LogP contribution in [0.5, 0.6) is 5.75 Å². The van der Waals surface area contributed by atoms with Gasteiger partial charge in [0.1, 0.15) is 24.5 Å². The summed E-state index contributed by atoms with van der Waals surface area (Å²) in [5.41, 5.74) is -2.16. The van der Waals surface area contributed by atoms with E-state index < -0.39 is 46.2 Å². The number of quaternary nitrogens is 1. The van der Waals surface area contributed by atoms with Crippen LogP contribution in [0.25, 0.3) is 10.8 Å². The van der Waals surface area contributed by atoms with Gasteiger partial charge >= 0.3 is 12.1 Å². The quantitative estimate of drug-likeness (QED) is 0.0868. The van der Waals surface area contributed by atoms with Crippen molar-refractivity contribution in [3.63, 3.8) is 0 Å². The number of thiophene rings is 1. The van der Waals surface area contributed by atoms with Crippen LogP contribution in [0.3, 0.4) is 0 Å². The Bertz CT molecular complexity index is 1620. The topological polar surface area (TPSA) is 200 Å². The number of carbonyl (C=O) groups is 4. The molecule has 0 aliphatic heterocycles. The highest BCUT2D eigenvalue weighted by Gasteiger charge is 2.36. The number of hydrogen-bond acceptors (Lipinski definition) is 13. The standard InChI is InChI=1S/C34H44N4O11S2/c1-22(47-29(39)25(35-30(40)33(2,3)20-45-36-43)19-51-31(41)34(4,5)21-46-37-44)48-32(42)38(6)17-16-27(28-15-10-18-50-28)49-26-14-9-12-23-11-7-8-13-24(23)26/h7-15,18,22,25,27,37H,16-17,19-21,36H2,1-6H3/p+1/t22?,25?,27-/m0/s1. The minimum atomic E-state index is -1.37. The average Bonchev–Trinajstić information content (AvgIpc) is 3.64. The first-order valence-electron chi connectivity index (χ1n) is 16.0. The molecule has 17 heteroatoms. The lowest BCUT2D eigenvalue weighted by molar-refractivity contribution is -0.852. The van der Waals surface area contributed by atoms with E-state index >= 15 is 0 Å². The Morgan fingerprint density at radius 1 is 1.00 bits per heavy atom. The number of nitrogens with zero attached hydrogens (tertiary/aromatic N) is 1. The van der Waals surface area contributed by atoms with Crippen LogP contribution in [0.2, 0.25) is 0 Å². The smallest absolute Gasteiger partial charge is 0.412 e. The van der Waals surface area contributed by atoms with Gasteiger partial charge in [-0.3, -0.25) is 9.59 Å². The molecular weight excluding hydrogens is 705 g/mol. The van der Waals surface area contributed by atoms with Crippen LogP contribution in [-0.4, -0.2) is 72.9 Å². The number of amides is 2. The molecule has 0 saturated heterocycles. The first-order valence-corrected chi connectivity index (χ1v) is 17.9. The number of nitrogens with one attached hydrogen (secondary N) is 2. The van der Waals surface area contributed by atoms with Crippen molar-refractivity contribution in [2.24, 2.45) is 10.8 Å². The van der Waals surface area contributed by atoms with Crippen molar-refractivity contribution < 1.29 is 54.0 Å². The van der Waals surface area contributed by atoms with Gasteiger partial charge in [-0.15, -0.1) is 11.3 Å². The second-order valence-electron chi connectivity index (χ2n) is 12.9. The van der Waals surface area contributed by atoms with Crippen LogP contribution in [-0.2, 0) is 33.5 Å². The number of ether oxygens (including phenoxy) is 3. The highest BCUT2D eigenvalue weighted by Crippen LogP contribution is 2.33. The van der Waals surface area contributed by atoms with E-state index in [0.717, 1.165) is 21.4 Å². The first-order chi connectivity index (χ1) is 24.2. The molecular formula is C34H45N4O11S2+. The van der Waals surface area contributed by atoms with Gasteiger partial charge in [-0.25, -0.2) is 24.9 Å². The predicted octanol–water partition coefficient (Wildman–Crippen LogP) is 2.94. The molecule has 1 aromatic heterocycles. The van der Waals surface area contributed by atoms with Gasteiger partial charge in [-0.1, -0.05) is 54.2 Å². The van der Waals surface area contributed by atoms with E-state index in [0.29, 0.717) is 18.2 Å². The number of benzene rings is 2. The highest BCUT2D eigenvalue weighted by atomic mass is 32.2. The minimum absolute atomic E-state index is 0.198. The molecule has 0 spiro atoms. The van der Waals surface area contributed by atoms with Gasteiger partial charge in [0.2, 0.25) is 17.5 Å². The fourth-order valence-corrected chi connectivity index (χ4v) is 6.32. The Morgan fingerprint density at radius 2 is 1.73 bits per heavy atom. The Morgan fingerprint density at radius 3 is 2.41 bits per heavy atom. The molecule has 3 rings (SSSR count). The van der Waals surface area contributed by atoms with Gasteiger partial charge < -0.3 is 29.6 Å². The third kappa shape index (κ3) is 12.5. The number of rotatable bonds is 20. The second kappa shape index (κ2) is 19.4. The van der Waals surface area contributed by atoms with Gasteiger partial charge in [-0.05, 0) is 50.6 Å². The third-order valence-corrected chi connectivity index (χ3v) is 9.89. The summed E-state index contributed by atoms with van der Waals surface area (Å²) in [6.45, 7) is 7.15. The van der Waals surface area contributed by atoms with E-state index in [-0.39, 0.29) is 37.3 Å². The summed E-state index contributed by atoms with van der Waals surface area (Å²) in [5, 5.41) is 18.0. The molecule has 2 aromatic carbocycles. The normalized spacial score (nSPS) is 13.4. The van der Waals surface area contributed by atoms with Crippen molar-refractivity contribution in [2.75, 3.05) is 32.6 Å². The van der Waals surface area contributed by atoms with Crippen molar-refractivity contribution >= 4 is 57.0 Å². The van der Waals surface area contributed by atoms with E-state index in [4.69, 9.17) is 19.0 Å².